The first-order valence-electron chi connectivity index (χ1n) is 9.99. The van der Waals surface area contributed by atoms with Gasteiger partial charge in [-0.2, -0.15) is 5.26 Å². The Morgan fingerprint density at radius 2 is 1.90 bits per heavy atom. The van der Waals surface area contributed by atoms with Gasteiger partial charge in [-0.05, 0) is 37.1 Å². The maximum Gasteiger partial charge on any atom is 0.263 e. The highest BCUT2D eigenvalue weighted by Crippen LogP contribution is 2.17. The van der Waals surface area contributed by atoms with Gasteiger partial charge in [0.1, 0.15) is 17.5 Å². The molecule has 2 fully saturated rings. The first-order valence-corrected chi connectivity index (χ1v) is 9.99. The van der Waals surface area contributed by atoms with Crippen molar-refractivity contribution in [1.29, 1.82) is 5.26 Å². The number of halogens is 1. The van der Waals surface area contributed by atoms with Crippen LogP contribution in [0.1, 0.15) is 19.3 Å². The molecule has 2 saturated heterocycles. The number of likely N-dealkylation sites (tertiary alicyclic amines) is 1. The van der Waals surface area contributed by atoms with E-state index in [0.717, 1.165) is 31.7 Å². The number of anilines is 1. The molecule has 154 valence electrons. The molecule has 0 saturated carbocycles. The number of nitriles is 1. The van der Waals surface area contributed by atoms with Gasteiger partial charge in [-0.15, -0.1) is 0 Å². The first kappa shape index (κ1) is 20.6. The quantitative estimate of drug-likeness (QED) is 0.427. The lowest BCUT2D eigenvalue weighted by molar-refractivity contribution is -0.127. The lowest BCUT2D eigenvalue weighted by atomic mass is 10.2. The predicted molar refractivity (Wildman–Crippen MR) is 107 cm³/mol. The highest BCUT2D eigenvalue weighted by atomic mass is 19.1. The van der Waals surface area contributed by atoms with Gasteiger partial charge in [0.15, 0.2) is 0 Å². The highest BCUT2D eigenvalue weighted by Gasteiger charge is 2.20. The van der Waals surface area contributed by atoms with Gasteiger partial charge in [0, 0.05) is 64.1 Å². The first-order chi connectivity index (χ1) is 14.1. The maximum atomic E-state index is 13.1. The van der Waals surface area contributed by atoms with Crippen LogP contribution < -0.4 is 10.2 Å². The number of hydrogen-bond donors (Lipinski definition) is 1. The van der Waals surface area contributed by atoms with Crippen molar-refractivity contribution in [3.05, 3.63) is 41.9 Å². The minimum Gasteiger partial charge on any atom is -0.373 e. The maximum absolute atomic E-state index is 13.1. The second kappa shape index (κ2) is 9.92. The van der Waals surface area contributed by atoms with Gasteiger partial charge in [0.05, 0.1) is 0 Å². The molecule has 2 amide bonds. The van der Waals surface area contributed by atoms with Crippen LogP contribution in [0.15, 0.2) is 36.0 Å². The van der Waals surface area contributed by atoms with E-state index < -0.39 is 0 Å². The van der Waals surface area contributed by atoms with Crippen LogP contribution in [0.4, 0.5) is 10.1 Å². The van der Waals surface area contributed by atoms with E-state index in [4.69, 9.17) is 0 Å². The van der Waals surface area contributed by atoms with Crippen LogP contribution in [-0.4, -0.2) is 67.4 Å². The number of amides is 2. The molecule has 2 aliphatic rings. The topological polar surface area (TPSA) is 79.7 Å². The number of benzene rings is 1. The molecule has 0 atom stereocenters. The number of piperazine rings is 1. The van der Waals surface area contributed by atoms with Gasteiger partial charge in [-0.1, -0.05) is 0 Å². The second-order valence-corrected chi connectivity index (χ2v) is 7.25. The molecule has 1 aromatic carbocycles. The van der Waals surface area contributed by atoms with E-state index in [2.05, 4.69) is 10.2 Å². The van der Waals surface area contributed by atoms with Gasteiger partial charge in [0.2, 0.25) is 5.91 Å². The number of carbonyl (C=O) groups excluding carboxylic acids is 2. The summed E-state index contributed by atoms with van der Waals surface area (Å²) in [4.78, 5) is 29.8. The van der Waals surface area contributed by atoms with E-state index >= 15 is 0 Å². The zero-order valence-electron chi connectivity index (χ0n) is 16.4. The average Bonchev–Trinajstić information content (AvgIpc) is 3.15. The number of hydrogen-bond acceptors (Lipinski definition) is 5. The van der Waals surface area contributed by atoms with Crippen molar-refractivity contribution in [2.24, 2.45) is 0 Å². The summed E-state index contributed by atoms with van der Waals surface area (Å²) in [6, 6.07) is 8.37. The standard InChI is InChI=1S/C21H26FN5O2/c22-18-4-6-19(7-5-18)26-13-11-25(12-14-26)16-17(15-23)21(29)24-8-2-10-27-9-1-3-20(27)28/h4-7,16H,1-3,8-14H2,(H,24,29)/b17-16-. The summed E-state index contributed by atoms with van der Waals surface area (Å²) >= 11 is 0. The van der Waals surface area contributed by atoms with E-state index in [1.165, 1.54) is 12.1 Å². The summed E-state index contributed by atoms with van der Waals surface area (Å²) in [6.45, 7) is 4.66. The van der Waals surface area contributed by atoms with Crippen LogP contribution >= 0.6 is 0 Å². The molecule has 7 nitrogen and oxygen atoms in total. The Labute approximate surface area is 170 Å². The Kier molecular flexibility index (Phi) is 7.06. The van der Waals surface area contributed by atoms with E-state index in [9.17, 15) is 19.2 Å². The molecule has 0 aromatic heterocycles. The molecule has 3 rings (SSSR count). The average molecular weight is 399 g/mol. The van der Waals surface area contributed by atoms with Crippen molar-refractivity contribution >= 4 is 17.5 Å². The van der Waals surface area contributed by atoms with Crippen molar-refractivity contribution in [3.8, 4) is 6.07 Å². The van der Waals surface area contributed by atoms with Crippen LogP contribution in [0.3, 0.4) is 0 Å². The fourth-order valence-electron chi connectivity index (χ4n) is 3.59. The van der Waals surface area contributed by atoms with Crippen LogP contribution in [0.25, 0.3) is 0 Å². The molecule has 29 heavy (non-hydrogen) atoms. The number of nitrogens with one attached hydrogen (secondary N) is 1. The van der Waals surface area contributed by atoms with Crippen LogP contribution in [0.2, 0.25) is 0 Å². The second-order valence-electron chi connectivity index (χ2n) is 7.25. The van der Waals surface area contributed by atoms with E-state index in [1.807, 2.05) is 15.9 Å². The predicted octanol–water partition coefficient (Wildman–Crippen LogP) is 1.48. The molecule has 2 aliphatic heterocycles. The number of rotatable bonds is 7. The largest absolute Gasteiger partial charge is 0.373 e. The van der Waals surface area contributed by atoms with Crippen molar-refractivity contribution in [3.63, 3.8) is 0 Å². The van der Waals surface area contributed by atoms with Gasteiger partial charge in [0.25, 0.3) is 5.91 Å². The Hall–Kier alpha value is -3.08. The fraction of sp³-hybridized carbons (Fsp3) is 0.476. The number of nitrogens with zero attached hydrogens (tertiary/aromatic N) is 4. The molecular weight excluding hydrogens is 373 g/mol. The van der Waals surface area contributed by atoms with Gasteiger partial charge < -0.3 is 20.0 Å². The molecular formula is C21H26FN5O2. The van der Waals surface area contributed by atoms with Crippen molar-refractivity contribution in [2.45, 2.75) is 19.3 Å². The molecule has 0 spiro atoms. The Morgan fingerprint density at radius 1 is 1.17 bits per heavy atom. The van der Waals surface area contributed by atoms with Crippen molar-refractivity contribution in [2.75, 3.05) is 50.7 Å². The van der Waals surface area contributed by atoms with Gasteiger partial charge in [-0.25, -0.2) is 4.39 Å². The van der Waals surface area contributed by atoms with Gasteiger partial charge in [-0.3, -0.25) is 9.59 Å². The van der Waals surface area contributed by atoms with Crippen LogP contribution in [0, 0.1) is 17.1 Å². The summed E-state index contributed by atoms with van der Waals surface area (Å²) in [7, 11) is 0. The summed E-state index contributed by atoms with van der Waals surface area (Å²) < 4.78 is 13.1. The monoisotopic (exact) mass is 399 g/mol. The lowest BCUT2D eigenvalue weighted by Gasteiger charge is -2.35. The van der Waals surface area contributed by atoms with E-state index in [1.54, 1.807) is 18.3 Å². The van der Waals surface area contributed by atoms with Crippen molar-refractivity contribution in [1.82, 2.24) is 15.1 Å². The van der Waals surface area contributed by atoms with Crippen LogP contribution in [0.5, 0.6) is 0 Å². The van der Waals surface area contributed by atoms with E-state index in [-0.39, 0.29) is 23.2 Å². The number of carbonyl (C=O) groups is 2. The molecule has 0 aliphatic carbocycles. The zero-order chi connectivity index (χ0) is 20.6. The summed E-state index contributed by atoms with van der Waals surface area (Å²) in [5.41, 5.74) is 1.04. The van der Waals surface area contributed by atoms with E-state index in [0.29, 0.717) is 39.0 Å². The molecule has 2 heterocycles. The smallest absolute Gasteiger partial charge is 0.263 e. The molecule has 1 aromatic rings. The molecule has 8 heteroatoms. The molecule has 0 bridgehead atoms. The zero-order valence-corrected chi connectivity index (χ0v) is 16.4. The molecule has 0 unspecified atom stereocenters. The van der Waals surface area contributed by atoms with Crippen molar-refractivity contribution < 1.29 is 14.0 Å². The lowest BCUT2D eigenvalue weighted by Crippen LogP contribution is -2.44. The Bertz CT molecular complexity index is 794. The van der Waals surface area contributed by atoms with Crippen LogP contribution in [-0.2, 0) is 9.59 Å². The summed E-state index contributed by atoms with van der Waals surface area (Å²) in [5.74, 6) is -0.470. The SMILES string of the molecule is N#C/C(=C/N1CCN(c2ccc(F)cc2)CC1)C(=O)NCCCN1CCCC1=O. The minimum absolute atomic E-state index is 0.0810. The molecule has 0 radical (unpaired) electrons. The normalized spacial score (nSPS) is 17.4. The summed E-state index contributed by atoms with van der Waals surface area (Å²) in [5, 5.41) is 12.1. The van der Waals surface area contributed by atoms with Gasteiger partial charge >= 0.3 is 0 Å². The third kappa shape index (κ3) is 5.70. The fourth-order valence-corrected chi connectivity index (χ4v) is 3.59. The molecule has 1 N–H and O–H groups in total. The third-order valence-electron chi connectivity index (χ3n) is 5.24. The highest BCUT2D eigenvalue weighted by molar-refractivity contribution is 5.97. The Balaban J connectivity index is 1.43. The third-order valence-corrected chi connectivity index (χ3v) is 5.24. The minimum atomic E-state index is -0.388. The Morgan fingerprint density at radius 3 is 2.52 bits per heavy atom. The summed E-state index contributed by atoms with van der Waals surface area (Å²) in [6.07, 6.45) is 3.80.